The molecule has 0 radical (unpaired) electrons. The van der Waals surface area contributed by atoms with Crippen LogP contribution in [0.15, 0.2) is 53.6 Å². The van der Waals surface area contributed by atoms with Crippen LogP contribution in [0.4, 0.5) is 11.4 Å². The molecular formula is C17H18N4O. The first kappa shape index (κ1) is 14.1. The summed E-state index contributed by atoms with van der Waals surface area (Å²) in [6.45, 7) is 1.52. The van der Waals surface area contributed by atoms with Gasteiger partial charge in [0.2, 0.25) is 5.91 Å². The molecule has 0 saturated heterocycles. The third kappa shape index (κ3) is 2.65. The minimum Gasteiger partial charge on any atom is -0.399 e. The molecule has 112 valence electrons. The Bertz CT molecular complexity index is 737. The summed E-state index contributed by atoms with van der Waals surface area (Å²) in [5.41, 5.74) is 15.8. The van der Waals surface area contributed by atoms with Crippen molar-refractivity contribution in [1.29, 1.82) is 0 Å². The Morgan fingerprint density at radius 2 is 1.86 bits per heavy atom. The third-order valence-electron chi connectivity index (χ3n) is 3.77. The van der Waals surface area contributed by atoms with Crippen molar-refractivity contribution in [3.63, 3.8) is 0 Å². The summed E-state index contributed by atoms with van der Waals surface area (Å²) in [5.74, 6) is -0.0853. The lowest BCUT2D eigenvalue weighted by atomic mass is 9.98. The molecule has 2 aromatic carbocycles. The Labute approximate surface area is 129 Å². The number of hydrazone groups is 1. The standard InChI is InChI=1S/C17H18N4O/c1-11(22)21-17(13-3-2-4-15(19)9-13)10-16(20-21)12-5-7-14(18)8-6-12/h2-9,17H,10,18-19H2,1H3. The van der Waals surface area contributed by atoms with Gasteiger partial charge in [0, 0.05) is 24.7 Å². The zero-order valence-corrected chi connectivity index (χ0v) is 12.4. The number of hydrogen-bond acceptors (Lipinski definition) is 4. The van der Waals surface area contributed by atoms with E-state index in [0.717, 1.165) is 16.8 Å². The van der Waals surface area contributed by atoms with E-state index in [1.54, 1.807) is 0 Å². The number of nitrogens with two attached hydrogens (primary N) is 2. The van der Waals surface area contributed by atoms with E-state index < -0.39 is 0 Å². The number of carbonyl (C=O) groups is 1. The fourth-order valence-electron chi connectivity index (χ4n) is 2.68. The van der Waals surface area contributed by atoms with E-state index in [9.17, 15) is 4.79 Å². The highest BCUT2D eigenvalue weighted by atomic mass is 16.2. The van der Waals surface area contributed by atoms with E-state index >= 15 is 0 Å². The van der Waals surface area contributed by atoms with Gasteiger partial charge in [-0.2, -0.15) is 5.10 Å². The maximum Gasteiger partial charge on any atom is 0.240 e. The van der Waals surface area contributed by atoms with Crippen molar-refractivity contribution in [1.82, 2.24) is 5.01 Å². The average molecular weight is 294 g/mol. The predicted molar refractivity (Wildman–Crippen MR) is 88.1 cm³/mol. The van der Waals surface area contributed by atoms with E-state index in [4.69, 9.17) is 11.5 Å². The van der Waals surface area contributed by atoms with Gasteiger partial charge in [0.25, 0.3) is 0 Å². The summed E-state index contributed by atoms with van der Waals surface area (Å²) >= 11 is 0. The largest absolute Gasteiger partial charge is 0.399 e. The van der Waals surface area contributed by atoms with Crippen molar-refractivity contribution in [3.8, 4) is 0 Å². The van der Waals surface area contributed by atoms with E-state index in [0.29, 0.717) is 17.8 Å². The summed E-state index contributed by atoms with van der Waals surface area (Å²) in [6.07, 6.45) is 0.660. The maximum atomic E-state index is 11.9. The van der Waals surface area contributed by atoms with E-state index in [2.05, 4.69) is 5.10 Å². The van der Waals surface area contributed by atoms with Crippen LogP contribution in [-0.4, -0.2) is 16.6 Å². The summed E-state index contributed by atoms with van der Waals surface area (Å²) < 4.78 is 0. The highest BCUT2D eigenvalue weighted by Gasteiger charge is 2.31. The Morgan fingerprint density at radius 1 is 1.14 bits per heavy atom. The van der Waals surface area contributed by atoms with Gasteiger partial charge in [0.05, 0.1) is 11.8 Å². The molecule has 5 heteroatoms. The molecule has 0 saturated carbocycles. The summed E-state index contributed by atoms with van der Waals surface area (Å²) in [7, 11) is 0. The fourth-order valence-corrected chi connectivity index (χ4v) is 2.68. The molecule has 1 atom stereocenters. The number of amides is 1. The second-order valence-electron chi connectivity index (χ2n) is 5.42. The SMILES string of the molecule is CC(=O)N1N=C(c2ccc(N)cc2)CC1c1cccc(N)c1. The summed E-state index contributed by atoms with van der Waals surface area (Å²) in [6, 6.07) is 15.0. The normalized spacial score (nSPS) is 17.4. The first-order valence-corrected chi connectivity index (χ1v) is 7.13. The van der Waals surface area contributed by atoms with Crippen molar-refractivity contribution in [3.05, 3.63) is 59.7 Å². The number of carbonyl (C=O) groups excluding carboxylic acids is 1. The first-order valence-electron chi connectivity index (χ1n) is 7.13. The predicted octanol–water partition coefficient (Wildman–Crippen LogP) is 2.55. The Kier molecular flexibility index (Phi) is 3.55. The summed E-state index contributed by atoms with van der Waals surface area (Å²) in [5, 5.41) is 6.02. The smallest absolute Gasteiger partial charge is 0.240 e. The van der Waals surface area contributed by atoms with Crippen LogP contribution in [0.2, 0.25) is 0 Å². The Hall–Kier alpha value is -2.82. The highest BCUT2D eigenvalue weighted by Crippen LogP contribution is 2.33. The molecule has 1 aliphatic heterocycles. The highest BCUT2D eigenvalue weighted by molar-refractivity contribution is 6.03. The van der Waals surface area contributed by atoms with Crippen LogP contribution < -0.4 is 11.5 Å². The lowest BCUT2D eigenvalue weighted by molar-refractivity contribution is -0.130. The molecule has 5 nitrogen and oxygen atoms in total. The molecule has 0 aliphatic carbocycles. The van der Waals surface area contributed by atoms with E-state index in [1.807, 2.05) is 48.5 Å². The van der Waals surface area contributed by atoms with Crippen molar-refractivity contribution in [2.75, 3.05) is 11.5 Å². The van der Waals surface area contributed by atoms with Crippen LogP contribution in [-0.2, 0) is 4.79 Å². The molecule has 3 rings (SSSR count). The fraction of sp³-hybridized carbons (Fsp3) is 0.176. The topological polar surface area (TPSA) is 84.7 Å². The van der Waals surface area contributed by atoms with Gasteiger partial charge in [-0.25, -0.2) is 5.01 Å². The minimum absolute atomic E-state index is 0.0853. The molecule has 0 fully saturated rings. The quantitative estimate of drug-likeness (QED) is 0.835. The maximum absolute atomic E-state index is 11.9. The number of hydrogen-bond donors (Lipinski definition) is 2. The van der Waals surface area contributed by atoms with Crippen LogP contribution in [0.1, 0.15) is 30.5 Å². The van der Waals surface area contributed by atoms with Gasteiger partial charge in [-0.15, -0.1) is 0 Å². The molecule has 0 spiro atoms. The Balaban J connectivity index is 1.94. The zero-order valence-electron chi connectivity index (χ0n) is 12.4. The van der Waals surface area contributed by atoms with Gasteiger partial charge in [-0.3, -0.25) is 4.79 Å². The van der Waals surface area contributed by atoms with Crippen molar-refractivity contribution < 1.29 is 4.79 Å². The lowest BCUT2D eigenvalue weighted by Crippen LogP contribution is -2.24. The van der Waals surface area contributed by atoms with Crippen LogP contribution in [0.3, 0.4) is 0 Å². The zero-order chi connectivity index (χ0) is 15.7. The lowest BCUT2D eigenvalue weighted by Gasteiger charge is -2.20. The number of rotatable bonds is 2. The van der Waals surface area contributed by atoms with Gasteiger partial charge in [0.1, 0.15) is 0 Å². The van der Waals surface area contributed by atoms with E-state index in [-0.39, 0.29) is 11.9 Å². The van der Waals surface area contributed by atoms with Crippen LogP contribution in [0, 0.1) is 0 Å². The van der Waals surface area contributed by atoms with Gasteiger partial charge in [0.15, 0.2) is 0 Å². The Morgan fingerprint density at radius 3 is 2.50 bits per heavy atom. The second kappa shape index (κ2) is 5.52. The van der Waals surface area contributed by atoms with Crippen LogP contribution >= 0.6 is 0 Å². The number of nitrogen functional groups attached to an aromatic ring is 2. The molecular weight excluding hydrogens is 276 g/mol. The molecule has 22 heavy (non-hydrogen) atoms. The van der Waals surface area contributed by atoms with Gasteiger partial charge in [-0.1, -0.05) is 24.3 Å². The average Bonchev–Trinajstić information content (AvgIpc) is 2.93. The van der Waals surface area contributed by atoms with Gasteiger partial charge < -0.3 is 11.5 Å². The molecule has 2 aromatic rings. The number of benzene rings is 2. The van der Waals surface area contributed by atoms with Crippen molar-refractivity contribution in [2.24, 2.45) is 5.10 Å². The second-order valence-corrected chi connectivity index (χ2v) is 5.42. The van der Waals surface area contributed by atoms with Gasteiger partial charge in [-0.05, 0) is 35.4 Å². The monoisotopic (exact) mass is 294 g/mol. The molecule has 1 aliphatic rings. The van der Waals surface area contributed by atoms with Crippen molar-refractivity contribution in [2.45, 2.75) is 19.4 Å². The van der Waals surface area contributed by atoms with E-state index in [1.165, 1.54) is 11.9 Å². The number of anilines is 2. The van der Waals surface area contributed by atoms with Crippen LogP contribution in [0.25, 0.3) is 0 Å². The summed E-state index contributed by atoms with van der Waals surface area (Å²) in [4.78, 5) is 11.9. The first-order chi connectivity index (χ1) is 10.5. The molecule has 0 aromatic heterocycles. The van der Waals surface area contributed by atoms with Crippen molar-refractivity contribution >= 4 is 23.0 Å². The molecule has 0 bridgehead atoms. The molecule has 4 N–H and O–H groups in total. The van der Waals surface area contributed by atoms with Crippen LogP contribution in [0.5, 0.6) is 0 Å². The number of nitrogens with zero attached hydrogens (tertiary/aromatic N) is 2. The minimum atomic E-state index is -0.117. The molecule has 1 heterocycles. The third-order valence-corrected chi connectivity index (χ3v) is 3.77. The molecule has 1 amide bonds. The van der Waals surface area contributed by atoms with Gasteiger partial charge >= 0.3 is 0 Å². The molecule has 1 unspecified atom stereocenters.